The minimum atomic E-state index is -0.909. The first kappa shape index (κ1) is 17.2. The number of rotatable bonds is 5. The Morgan fingerprint density at radius 2 is 2.11 bits per heavy atom. The average Bonchev–Trinajstić information content (AvgIpc) is 2.98. The Hall–Kier alpha value is -3.19. The maximum Gasteiger partial charge on any atom is 0.335 e. The summed E-state index contributed by atoms with van der Waals surface area (Å²) in [4.78, 5) is 20.0. The highest BCUT2D eigenvalue weighted by Crippen LogP contribution is 2.26. The summed E-state index contributed by atoms with van der Waals surface area (Å²) in [5.74, 6) is -0.173. The number of benzene rings is 2. The fourth-order valence-corrected chi connectivity index (χ4v) is 3.55. The number of aliphatic imine (C=N–C) groups is 1. The van der Waals surface area contributed by atoms with Gasteiger partial charge in [0, 0.05) is 6.54 Å². The van der Waals surface area contributed by atoms with Crippen LogP contribution in [-0.2, 0) is 13.0 Å². The topological polar surface area (TPSA) is 99.7 Å². The van der Waals surface area contributed by atoms with Crippen LogP contribution in [-0.4, -0.2) is 38.6 Å². The van der Waals surface area contributed by atoms with Crippen LogP contribution in [0.5, 0.6) is 0 Å². The molecule has 0 aliphatic carbocycles. The van der Waals surface area contributed by atoms with Crippen LogP contribution in [0.15, 0.2) is 47.7 Å². The van der Waals surface area contributed by atoms with Gasteiger partial charge < -0.3 is 20.1 Å². The molecule has 3 N–H and O–H groups in total. The molecule has 2 aromatic carbocycles. The van der Waals surface area contributed by atoms with Gasteiger partial charge in [-0.3, -0.25) is 4.99 Å². The lowest BCUT2D eigenvalue weighted by Gasteiger charge is -2.12. The van der Waals surface area contributed by atoms with Gasteiger partial charge in [-0.1, -0.05) is 30.3 Å². The molecule has 2 heterocycles. The predicted molar refractivity (Wildman–Crippen MR) is 103 cm³/mol. The van der Waals surface area contributed by atoms with Crippen LogP contribution in [0.4, 0.5) is 5.82 Å². The molecular weight excluding hydrogens is 344 g/mol. The monoisotopic (exact) mass is 364 g/mol. The van der Waals surface area contributed by atoms with Crippen LogP contribution in [0.3, 0.4) is 0 Å². The second-order valence-corrected chi connectivity index (χ2v) is 6.55. The van der Waals surface area contributed by atoms with E-state index in [0.717, 1.165) is 28.6 Å². The molecule has 3 aromatic rings. The lowest BCUT2D eigenvalue weighted by Crippen LogP contribution is -2.08. The zero-order chi connectivity index (χ0) is 18.8. The van der Waals surface area contributed by atoms with Gasteiger partial charge in [0.1, 0.15) is 17.6 Å². The number of carbonyl (C=O) groups is 1. The van der Waals surface area contributed by atoms with Crippen molar-refractivity contribution in [3.05, 3.63) is 59.5 Å². The van der Waals surface area contributed by atoms with E-state index in [1.54, 1.807) is 18.7 Å². The summed E-state index contributed by atoms with van der Waals surface area (Å²) >= 11 is 0. The van der Waals surface area contributed by atoms with Crippen LogP contribution >= 0.6 is 0 Å². The Kier molecular flexibility index (Phi) is 4.60. The third kappa shape index (κ3) is 3.29. The van der Waals surface area contributed by atoms with Gasteiger partial charge in [-0.15, -0.1) is 0 Å². The van der Waals surface area contributed by atoms with Gasteiger partial charge in [0.05, 0.1) is 24.8 Å². The van der Waals surface area contributed by atoms with Gasteiger partial charge in [-0.25, -0.2) is 9.78 Å². The normalized spacial score (nSPS) is 16.0. The molecule has 0 bridgehead atoms. The molecular formula is C20H20N4O3. The van der Waals surface area contributed by atoms with Crippen molar-refractivity contribution < 1.29 is 15.0 Å². The van der Waals surface area contributed by atoms with E-state index >= 15 is 0 Å². The number of carboxylic acid groups (broad SMARTS) is 1. The Bertz CT molecular complexity index is 1030. The van der Waals surface area contributed by atoms with Crippen LogP contribution < -0.4 is 5.32 Å². The number of anilines is 1. The number of aromatic nitrogens is 2. The molecule has 0 saturated carbocycles. The van der Waals surface area contributed by atoms with Crippen molar-refractivity contribution in [2.24, 2.45) is 4.99 Å². The number of aryl methyl sites for hydroxylation is 2. The molecule has 1 aromatic heterocycles. The molecule has 1 aliphatic rings. The van der Waals surface area contributed by atoms with E-state index in [2.05, 4.69) is 15.3 Å². The van der Waals surface area contributed by atoms with E-state index in [0.29, 0.717) is 24.2 Å². The second kappa shape index (κ2) is 7.20. The van der Waals surface area contributed by atoms with Crippen molar-refractivity contribution in [1.29, 1.82) is 0 Å². The summed E-state index contributed by atoms with van der Waals surface area (Å²) in [5.41, 5.74) is 1.78. The highest BCUT2D eigenvalue weighted by atomic mass is 16.4. The molecule has 1 atom stereocenters. The lowest BCUT2D eigenvalue weighted by atomic mass is 9.95. The van der Waals surface area contributed by atoms with Crippen LogP contribution in [0, 0.1) is 0 Å². The first-order valence-electron chi connectivity index (χ1n) is 8.87. The molecule has 0 fully saturated rings. The number of imidazole rings is 1. The van der Waals surface area contributed by atoms with Crippen LogP contribution in [0.25, 0.3) is 10.8 Å². The molecule has 1 unspecified atom stereocenters. The van der Waals surface area contributed by atoms with E-state index < -0.39 is 12.1 Å². The number of carboxylic acids is 1. The summed E-state index contributed by atoms with van der Waals surface area (Å²) in [6.45, 7) is 0.938. The highest BCUT2D eigenvalue weighted by molar-refractivity contribution is 5.97. The molecule has 0 saturated heterocycles. The van der Waals surface area contributed by atoms with E-state index in [1.165, 1.54) is 0 Å². The standard InChI is InChI=1S/C20H20N4O3/c25-17-10-21-11-22-19-18(17)23-12-24(19)9-3-6-15-14-5-2-1-4-13(14)7-8-16(15)20(26)27/h1-2,4-5,7-8,11-12,17,25H,3,6,9-10H2,(H,21,22)(H,26,27). The second-order valence-electron chi connectivity index (χ2n) is 6.55. The zero-order valence-corrected chi connectivity index (χ0v) is 14.7. The molecule has 4 rings (SSSR count). The van der Waals surface area contributed by atoms with Crippen LogP contribution in [0.2, 0.25) is 0 Å². The largest absolute Gasteiger partial charge is 0.478 e. The number of aromatic carboxylic acids is 1. The van der Waals surface area contributed by atoms with Crippen molar-refractivity contribution in [3.63, 3.8) is 0 Å². The number of aliphatic hydroxyl groups excluding tert-OH is 1. The van der Waals surface area contributed by atoms with E-state index in [9.17, 15) is 15.0 Å². The fraction of sp³-hybridized carbons (Fsp3) is 0.250. The number of aliphatic hydroxyl groups is 1. The molecule has 0 radical (unpaired) electrons. The summed E-state index contributed by atoms with van der Waals surface area (Å²) in [7, 11) is 0. The third-order valence-corrected chi connectivity index (χ3v) is 4.85. The molecule has 138 valence electrons. The predicted octanol–water partition coefficient (Wildman–Crippen LogP) is 2.85. The van der Waals surface area contributed by atoms with Crippen molar-refractivity contribution in [2.45, 2.75) is 25.5 Å². The van der Waals surface area contributed by atoms with E-state index in [1.807, 2.05) is 34.9 Å². The first-order chi connectivity index (χ1) is 13.1. The maximum atomic E-state index is 11.7. The molecule has 0 amide bonds. The minimum Gasteiger partial charge on any atom is -0.478 e. The van der Waals surface area contributed by atoms with Gasteiger partial charge >= 0.3 is 5.97 Å². The third-order valence-electron chi connectivity index (χ3n) is 4.85. The average molecular weight is 364 g/mol. The number of fused-ring (bicyclic) bond motifs is 2. The Balaban J connectivity index is 1.57. The maximum absolute atomic E-state index is 11.7. The van der Waals surface area contributed by atoms with Crippen molar-refractivity contribution in [3.8, 4) is 0 Å². The van der Waals surface area contributed by atoms with E-state index in [4.69, 9.17) is 0 Å². The summed E-state index contributed by atoms with van der Waals surface area (Å²) in [6.07, 6.45) is 3.92. The van der Waals surface area contributed by atoms with E-state index in [-0.39, 0.29) is 6.54 Å². The van der Waals surface area contributed by atoms with Gasteiger partial charge in [0.2, 0.25) is 0 Å². The van der Waals surface area contributed by atoms with Crippen molar-refractivity contribution in [2.75, 3.05) is 11.9 Å². The molecule has 27 heavy (non-hydrogen) atoms. The SMILES string of the molecule is O=C(O)c1ccc2ccccc2c1CCCn1cnc2c1NC=NCC2O. The number of hydrogen-bond acceptors (Lipinski definition) is 5. The molecule has 7 heteroatoms. The minimum absolute atomic E-state index is 0.287. The Morgan fingerprint density at radius 3 is 2.96 bits per heavy atom. The smallest absolute Gasteiger partial charge is 0.335 e. The quantitative estimate of drug-likeness (QED) is 0.646. The van der Waals surface area contributed by atoms with Gasteiger partial charge in [-0.2, -0.15) is 0 Å². The first-order valence-corrected chi connectivity index (χ1v) is 8.87. The zero-order valence-electron chi connectivity index (χ0n) is 14.7. The van der Waals surface area contributed by atoms with Gasteiger partial charge in [0.15, 0.2) is 0 Å². The Morgan fingerprint density at radius 1 is 1.26 bits per heavy atom. The Labute approximate surface area is 156 Å². The van der Waals surface area contributed by atoms with Crippen LogP contribution in [0.1, 0.15) is 34.1 Å². The molecule has 0 spiro atoms. The molecule has 1 aliphatic heterocycles. The van der Waals surface area contributed by atoms with Crippen molar-refractivity contribution >= 4 is 28.9 Å². The number of nitrogens with zero attached hydrogens (tertiary/aromatic N) is 3. The molecule has 7 nitrogen and oxygen atoms in total. The summed E-state index contributed by atoms with van der Waals surface area (Å²) < 4.78 is 1.93. The van der Waals surface area contributed by atoms with Gasteiger partial charge in [-0.05, 0) is 35.2 Å². The van der Waals surface area contributed by atoms with Crippen molar-refractivity contribution in [1.82, 2.24) is 9.55 Å². The fourth-order valence-electron chi connectivity index (χ4n) is 3.55. The number of nitrogens with one attached hydrogen (secondary N) is 1. The number of hydrogen-bond donors (Lipinski definition) is 3. The van der Waals surface area contributed by atoms with Gasteiger partial charge in [0.25, 0.3) is 0 Å². The lowest BCUT2D eigenvalue weighted by molar-refractivity contribution is 0.0696. The highest BCUT2D eigenvalue weighted by Gasteiger charge is 2.20. The summed E-state index contributed by atoms with van der Waals surface area (Å²) in [6, 6.07) is 11.4. The summed E-state index contributed by atoms with van der Waals surface area (Å²) in [5, 5.41) is 24.7.